The van der Waals surface area contributed by atoms with Crippen LogP contribution in [0.2, 0.25) is 0 Å². The topological polar surface area (TPSA) is 12.0 Å². The summed E-state index contributed by atoms with van der Waals surface area (Å²) in [5.74, 6) is 0. The van der Waals surface area contributed by atoms with Gasteiger partial charge in [-0.3, -0.25) is 0 Å². The zero-order chi connectivity index (χ0) is 9.84. The van der Waals surface area contributed by atoms with Crippen LogP contribution in [0.3, 0.4) is 0 Å². The minimum absolute atomic E-state index is 0.499. The summed E-state index contributed by atoms with van der Waals surface area (Å²) in [6.45, 7) is 6.52. The van der Waals surface area contributed by atoms with E-state index in [0.29, 0.717) is 6.04 Å². The van der Waals surface area contributed by atoms with Crippen LogP contribution in [0.25, 0.3) is 0 Å². The van der Waals surface area contributed by atoms with Gasteiger partial charge in [0.1, 0.15) is 0 Å². The summed E-state index contributed by atoms with van der Waals surface area (Å²) in [5.41, 5.74) is 4.15. The lowest BCUT2D eigenvalue weighted by Crippen LogP contribution is -2.15. The highest BCUT2D eigenvalue weighted by Crippen LogP contribution is 2.18. The van der Waals surface area contributed by atoms with E-state index in [9.17, 15) is 0 Å². The highest BCUT2D eigenvalue weighted by molar-refractivity contribution is 5.31. The predicted molar refractivity (Wildman–Crippen MR) is 58.0 cm³/mol. The zero-order valence-electron chi connectivity index (χ0n) is 9.02. The second kappa shape index (κ2) is 4.43. The van der Waals surface area contributed by atoms with Crippen LogP contribution in [0.15, 0.2) is 18.2 Å². The van der Waals surface area contributed by atoms with Crippen LogP contribution >= 0.6 is 0 Å². The maximum Gasteiger partial charge on any atom is 0.0314 e. The Bertz CT molecular complexity index is 274. The Kier molecular flexibility index (Phi) is 3.49. The quantitative estimate of drug-likeness (QED) is 0.748. The van der Waals surface area contributed by atoms with Gasteiger partial charge >= 0.3 is 0 Å². The molecule has 0 fully saturated rings. The van der Waals surface area contributed by atoms with Crippen molar-refractivity contribution in [2.75, 3.05) is 7.05 Å². The molecule has 1 atom stereocenters. The summed E-state index contributed by atoms with van der Waals surface area (Å²) in [5, 5.41) is 3.31. The van der Waals surface area contributed by atoms with Crippen LogP contribution in [0, 0.1) is 13.8 Å². The Labute approximate surface area is 81.2 Å². The standard InChI is InChI=1S/C12H19N/c1-5-12(13-4)11-7-6-9(2)10(3)8-11/h6-8,12-13H,5H2,1-4H3. The third kappa shape index (κ3) is 2.31. The lowest BCUT2D eigenvalue weighted by Gasteiger charge is -2.15. The minimum Gasteiger partial charge on any atom is -0.313 e. The maximum absolute atomic E-state index is 3.31. The Morgan fingerprint density at radius 3 is 2.38 bits per heavy atom. The zero-order valence-corrected chi connectivity index (χ0v) is 9.02. The van der Waals surface area contributed by atoms with Gasteiger partial charge in [0.25, 0.3) is 0 Å². The maximum atomic E-state index is 3.31. The molecule has 1 rings (SSSR count). The number of benzene rings is 1. The third-order valence-electron chi connectivity index (χ3n) is 2.69. The molecule has 0 saturated carbocycles. The second-order valence-corrected chi connectivity index (χ2v) is 3.59. The van der Waals surface area contributed by atoms with Gasteiger partial charge in [-0.25, -0.2) is 0 Å². The van der Waals surface area contributed by atoms with Gasteiger partial charge in [0.2, 0.25) is 0 Å². The molecule has 0 aliphatic rings. The largest absolute Gasteiger partial charge is 0.313 e. The number of aryl methyl sites for hydroxylation is 2. The molecule has 1 nitrogen and oxygen atoms in total. The van der Waals surface area contributed by atoms with Crippen LogP contribution in [-0.2, 0) is 0 Å². The fourth-order valence-electron chi connectivity index (χ4n) is 1.59. The van der Waals surface area contributed by atoms with Gasteiger partial charge in [0, 0.05) is 6.04 Å². The van der Waals surface area contributed by atoms with Crippen molar-refractivity contribution >= 4 is 0 Å². The molecule has 0 saturated heterocycles. The molecular weight excluding hydrogens is 158 g/mol. The summed E-state index contributed by atoms with van der Waals surface area (Å²) in [6.07, 6.45) is 1.14. The highest BCUT2D eigenvalue weighted by atomic mass is 14.9. The van der Waals surface area contributed by atoms with Crippen molar-refractivity contribution in [1.29, 1.82) is 0 Å². The Morgan fingerprint density at radius 1 is 1.23 bits per heavy atom. The van der Waals surface area contributed by atoms with Gasteiger partial charge in [0.05, 0.1) is 0 Å². The van der Waals surface area contributed by atoms with Crippen molar-refractivity contribution in [3.05, 3.63) is 34.9 Å². The third-order valence-corrected chi connectivity index (χ3v) is 2.69. The van der Waals surface area contributed by atoms with Gasteiger partial charge in [-0.05, 0) is 44.0 Å². The summed E-state index contributed by atoms with van der Waals surface area (Å²) >= 11 is 0. The molecule has 0 heterocycles. The number of hydrogen-bond acceptors (Lipinski definition) is 1. The molecular formula is C12H19N. The summed E-state index contributed by atoms with van der Waals surface area (Å²) in [7, 11) is 2.02. The second-order valence-electron chi connectivity index (χ2n) is 3.59. The van der Waals surface area contributed by atoms with Gasteiger partial charge in [-0.1, -0.05) is 25.1 Å². The van der Waals surface area contributed by atoms with Crippen molar-refractivity contribution in [2.45, 2.75) is 33.2 Å². The first-order chi connectivity index (χ1) is 6.19. The summed E-state index contributed by atoms with van der Waals surface area (Å²) < 4.78 is 0. The molecule has 0 aliphatic heterocycles. The summed E-state index contributed by atoms with van der Waals surface area (Å²) in [6, 6.07) is 7.19. The Balaban J connectivity index is 2.95. The van der Waals surface area contributed by atoms with Gasteiger partial charge in [-0.2, -0.15) is 0 Å². The van der Waals surface area contributed by atoms with Crippen LogP contribution in [0.4, 0.5) is 0 Å². The van der Waals surface area contributed by atoms with E-state index in [2.05, 4.69) is 44.3 Å². The first-order valence-corrected chi connectivity index (χ1v) is 4.93. The molecule has 72 valence electrons. The number of rotatable bonds is 3. The molecule has 1 N–H and O–H groups in total. The molecule has 0 bridgehead atoms. The van der Waals surface area contributed by atoms with Crippen molar-refractivity contribution in [1.82, 2.24) is 5.32 Å². The fourth-order valence-corrected chi connectivity index (χ4v) is 1.59. The van der Waals surface area contributed by atoms with Crippen LogP contribution < -0.4 is 5.32 Å². The van der Waals surface area contributed by atoms with Crippen LogP contribution in [0.1, 0.15) is 36.1 Å². The van der Waals surface area contributed by atoms with E-state index < -0.39 is 0 Å². The molecule has 1 aromatic rings. The molecule has 1 heteroatoms. The molecule has 1 unspecified atom stereocenters. The van der Waals surface area contributed by atoms with Gasteiger partial charge in [-0.15, -0.1) is 0 Å². The van der Waals surface area contributed by atoms with Crippen molar-refractivity contribution in [3.63, 3.8) is 0 Å². The molecule has 0 aliphatic carbocycles. The SMILES string of the molecule is CCC(NC)c1ccc(C)c(C)c1. The van der Waals surface area contributed by atoms with Gasteiger partial charge in [0.15, 0.2) is 0 Å². The Morgan fingerprint density at radius 2 is 1.92 bits per heavy atom. The average molecular weight is 177 g/mol. The van der Waals surface area contributed by atoms with Crippen molar-refractivity contribution in [2.24, 2.45) is 0 Å². The average Bonchev–Trinajstić information content (AvgIpc) is 2.13. The normalized spacial score (nSPS) is 12.9. The minimum atomic E-state index is 0.499. The van der Waals surface area contributed by atoms with Gasteiger partial charge < -0.3 is 5.32 Å². The molecule has 0 spiro atoms. The van der Waals surface area contributed by atoms with Crippen molar-refractivity contribution < 1.29 is 0 Å². The molecule has 13 heavy (non-hydrogen) atoms. The van der Waals surface area contributed by atoms with E-state index in [1.54, 1.807) is 0 Å². The predicted octanol–water partition coefficient (Wildman–Crippen LogP) is 2.97. The summed E-state index contributed by atoms with van der Waals surface area (Å²) in [4.78, 5) is 0. The number of nitrogens with one attached hydrogen (secondary N) is 1. The smallest absolute Gasteiger partial charge is 0.0314 e. The van der Waals surface area contributed by atoms with E-state index in [1.165, 1.54) is 16.7 Å². The van der Waals surface area contributed by atoms with E-state index >= 15 is 0 Å². The first-order valence-electron chi connectivity index (χ1n) is 4.93. The molecule has 0 radical (unpaired) electrons. The van der Waals surface area contributed by atoms with Crippen LogP contribution in [-0.4, -0.2) is 7.05 Å². The monoisotopic (exact) mass is 177 g/mol. The molecule has 0 amide bonds. The lowest BCUT2D eigenvalue weighted by atomic mass is 10.00. The van der Waals surface area contributed by atoms with E-state index in [4.69, 9.17) is 0 Å². The highest BCUT2D eigenvalue weighted by Gasteiger charge is 2.06. The van der Waals surface area contributed by atoms with Crippen molar-refractivity contribution in [3.8, 4) is 0 Å². The number of hydrogen-bond donors (Lipinski definition) is 1. The fraction of sp³-hybridized carbons (Fsp3) is 0.500. The van der Waals surface area contributed by atoms with Crippen LogP contribution in [0.5, 0.6) is 0 Å². The first kappa shape index (κ1) is 10.3. The van der Waals surface area contributed by atoms with E-state index in [-0.39, 0.29) is 0 Å². The van der Waals surface area contributed by atoms with E-state index in [1.807, 2.05) is 7.05 Å². The molecule has 0 aromatic heterocycles. The Hall–Kier alpha value is -0.820. The lowest BCUT2D eigenvalue weighted by molar-refractivity contribution is 0.576. The van der Waals surface area contributed by atoms with E-state index in [0.717, 1.165) is 6.42 Å². The molecule has 1 aromatic carbocycles.